The maximum Gasteiger partial charge on any atom is 0.342 e. The number of aromatic hydroxyl groups is 1. The molecule has 15 heteroatoms. The van der Waals surface area contributed by atoms with Crippen LogP contribution in [0.15, 0.2) is 18.0 Å². The van der Waals surface area contributed by atoms with E-state index in [0.717, 1.165) is 24.0 Å². The van der Waals surface area contributed by atoms with E-state index in [9.17, 15) is 19.5 Å². The Morgan fingerprint density at radius 1 is 1.26 bits per heavy atom. The number of carbonyl (C=O) groups excluding carboxylic acids is 3. The standard InChI is InChI=1S/C23H31NO7.C8H12N4O3/c1-5-30-22(26)18(24-8-10-29-11-9-24)12-14(2)6-7-16-20(25)19-17(13-31-23(19)27)15(3)21(16)28-4;9-7(14)8-10-4-12(11-8)6-2-1-5(3-13)15-6/h6,18,25H,5,7-13H2,1-4H3;4-6,13H,1-3H2,(H2,9,14). The number of rotatable bonds is 11. The van der Waals surface area contributed by atoms with Crippen molar-refractivity contribution in [1.29, 1.82) is 0 Å². The molecule has 3 aliphatic heterocycles. The Balaban J connectivity index is 0.000000266. The van der Waals surface area contributed by atoms with Crippen molar-refractivity contribution in [3.05, 3.63) is 46.1 Å². The Kier molecular flexibility index (Phi) is 12.1. The lowest BCUT2D eigenvalue weighted by Gasteiger charge is -2.33. The zero-order valence-corrected chi connectivity index (χ0v) is 26.7. The average molecular weight is 646 g/mol. The number of amides is 1. The van der Waals surface area contributed by atoms with E-state index in [2.05, 4.69) is 15.0 Å². The second-order valence-corrected chi connectivity index (χ2v) is 11.2. The van der Waals surface area contributed by atoms with Gasteiger partial charge < -0.3 is 39.6 Å². The number of aliphatic hydroxyl groups is 1. The van der Waals surface area contributed by atoms with E-state index in [4.69, 9.17) is 34.5 Å². The second-order valence-electron chi connectivity index (χ2n) is 11.2. The number of phenols is 1. The lowest BCUT2D eigenvalue weighted by atomic mass is 9.94. The fraction of sp³-hybridized carbons (Fsp3) is 0.581. The molecule has 3 unspecified atom stereocenters. The van der Waals surface area contributed by atoms with Crippen LogP contribution >= 0.6 is 0 Å². The van der Waals surface area contributed by atoms with Gasteiger partial charge in [0, 0.05) is 24.2 Å². The Labute approximate surface area is 267 Å². The second kappa shape index (κ2) is 16.0. The summed E-state index contributed by atoms with van der Waals surface area (Å²) in [7, 11) is 1.54. The molecule has 15 nitrogen and oxygen atoms in total. The quantitative estimate of drug-likeness (QED) is 0.235. The predicted molar refractivity (Wildman–Crippen MR) is 162 cm³/mol. The summed E-state index contributed by atoms with van der Waals surface area (Å²) in [6.07, 6.45) is 5.33. The van der Waals surface area contributed by atoms with Crippen LogP contribution in [0.5, 0.6) is 11.5 Å². The van der Waals surface area contributed by atoms with Gasteiger partial charge in [0.25, 0.3) is 5.91 Å². The van der Waals surface area contributed by atoms with Crippen molar-refractivity contribution in [3.8, 4) is 11.5 Å². The number of ether oxygens (including phenoxy) is 5. The molecule has 0 spiro atoms. The summed E-state index contributed by atoms with van der Waals surface area (Å²) in [5.74, 6) is -0.993. The van der Waals surface area contributed by atoms with Crippen LogP contribution in [0.3, 0.4) is 0 Å². The van der Waals surface area contributed by atoms with Crippen molar-refractivity contribution in [2.75, 3.05) is 46.6 Å². The molecule has 2 aromatic rings. The minimum absolute atomic E-state index is 0.00608. The van der Waals surface area contributed by atoms with E-state index in [0.29, 0.717) is 62.6 Å². The van der Waals surface area contributed by atoms with Gasteiger partial charge in [0.15, 0.2) is 6.23 Å². The fourth-order valence-electron chi connectivity index (χ4n) is 5.72. The number of aliphatic hydroxyl groups excluding tert-OH is 1. The van der Waals surface area contributed by atoms with Gasteiger partial charge in [0.05, 0.1) is 39.6 Å². The van der Waals surface area contributed by atoms with Gasteiger partial charge in [0.1, 0.15) is 36.0 Å². The fourth-order valence-corrected chi connectivity index (χ4v) is 5.72. The molecule has 1 amide bonds. The van der Waals surface area contributed by atoms with Gasteiger partial charge in [-0.1, -0.05) is 11.6 Å². The highest BCUT2D eigenvalue weighted by atomic mass is 16.5. The van der Waals surface area contributed by atoms with Crippen LogP contribution in [-0.2, 0) is 36.8 Å². The number of primary amides is 1. The first-order valence-corrected chi connectivity index (χ1v) is 15.3. The Morgan fingerprint density at radius 2 is 2.00 bits per heavy atom. The third kappa shape index (κ3) is 8.02. The first kappa shape index (κ1) is 34.8. The van der Waals surface area contributed by atoms with Crippen LogP contribution in [-0.4, -0.2) is 106 Å². The van der Waals surface area contributed by atoms with Crippen molar-refractivity contribution >= 4 is 17.8 Å². The molecule has 4 heterocycles. The van der Waals surface area contributed by atoms with Crippen molar-refractivity contribution in [2.45, 2.75) is 71.4 Å². The zero-order chi connectivity index (χ0) is 33.4. The van der Waals surface area contributed by atoms with Gasteiger partial charge in [-0.15, -0.1) is 5.10 Å². The Bertz CT molecular complexity index is 1440. The number of morpholine rings is 1. The van der Waals surface area contributed by atoms with Crippen LogP contribution in [0.25, 0.3) is 0 Å². The molecule has 3 atom stereocenters. The molecule has 2 fully saturated rings. The van der Waals surface area contributed by atoms with E-state index >= 15 is 0 Å². The van der Waals surface area contributed by atoms with Crippen LogP contribution in [0.2, 0.25) is 0 Å². The maximum absolute atomic E-state index is 12.6. The van der Waals surface area contributed by atoms with Crippen LogP contribution < -0.4 is 10.5 Å². The molecule has 4 N–H and O–H groups in total. The van der Waals surface area contributed by atoms with Gasteiger partial charge in [-0.05, 0) is 52.0 Å². The molecule has 46 heavy (non-hydrogen) atoms. The third-order valence-corrected chi connectivity index (χ3v) is 8.18. The van der Waals surface area contributed by atoms with E-state index in [1.807, 2.05) is 19.9 Å². The summed E-state index contributed by atoms with van der Waals surface area (Å²) in [5.41, 5.74) is 8.21. The first-order valence-electron chi connectivity index (χ1n) is 15.3. The molecule has 0 radical (unpaired) electrons. The number of benzene rings is 1. The van der Waals surface area contributed by atoms with E-state index < -0.39 is 11.9 Å². The number of esters is 2. The van der Waals surface area contributed by atoms with Crippen molar-refractivity contribution in [1.82, 2.24) is 19.7 Å². The molecule has 2 saturated heterocycles. The number of hydrogen-bond acceptors (Lipinski definition) is 13. The number of allylic oxidation sites excluding steroid dienone is 1. The number of fused-ring (bicyclic) bond motifs is 1. The monoisotopic (exact) mass is 645 g/mol. The molecular formula is C31H43N5O10. The number of phenolic OH excluding ortho intramolecular Hbond substituents is 1. The average Bonchev–Trinajstić information content (AvgIpc) is 3.82. The molecule has 0 bridgehead atoms. The Hall–Kier alpha value is -4.05. The summed E-state index contributed by atoms with van der Waals surface area (Å²) in [5, 5.41) is 23.5. The molecule has 0 aliphatic carbocycles. The van der Waals surface area contributed by atoms with Crippen molar-refractivity contribution in [2.24, 2.45) is 5.73 Å². The van der Waals surface area contributed by atoms with Gasteiger partial charge in [-0.2, -0.15) is 0 Å². The summed E-state index contributed by atoms with van der Waals surface area (Å²) in [6, 6.07) is -0.382. The summed E-state index contributed by atoms with van der Waals surface area (Å²) >= 11 is 0. The highest BCUT2D eigenvalue weighted by Gasteiger charge is 2.33. The van der Waals surface area contributed by atoms with Gasteiger partial charge in [-0.3, -0.25) is 14.5 Å². The summed E-state index contributed by atoms with van der Waals surface area (Å²) in [4.78, 5) is 41.2. The number of cyclic esters (lactones) is 1. The van der Waals surface area contributed by atoms with Crippen LogP contribution in [0, 0.1) is 6.92 Å². The maximum atomic E-state index is 12.6. The lowest BCUT2D eigenvalue weighted by Crippen LogP contribution is -2.48. The number of aromatic nitrogens is 3. The minimum Gasteiger partial charge on any atom is -0.507 e. The first-order chi connectivity index (χ1) is 22.1. The van der Waals surface area contributed by atoms with E-state index in [1.54, 1.807) is 14.0 Å². The molecular weight excluding hydrogens is 602 g/mol. The van der Waals surface area contributed by atoms with Crippen molar-refractivity contribution < 1.29 is 48.3 Å². The topological polar surface area (TPSA) is 198 Å². The largest absolute Gasteiger partial charge is 0.507 e. The normalized spacial score (nSPS) is 20.4. The smallest absolute Gasteiger partial charge is 0.342 e. The number of nitrogens with zero attached hydrogens (tertiary/aromatic N) is 4. The molecule has 1 aromatic carbocycles. The molecule has 3 aliphatic rings. The molecule has 5 rings (SSSR count). The van der Waals surface area contributed by atoms with E-state index in [-0.39, 0.29) is 54.7 Å². The van der Waals surface area contributed by atoms with E-state index in [1.165, 1.54) is 11.0 Å². The van der Waals surface area contributed by atoms with Crippen LogP contribution in [0.1, 0.15) is 77.0 Å². The highest BCUT2D eigenvalue weighted by molar-refractivity contribution is 5.98. The number of carbonyl (C=O) groups is 3. The summed E-state index contributed by atoms with van der Waals surface area (Å²) in [6.45, 7) is 8.61. The Morgan fingerprint density at radius 3 is 2.61 bits per heavy atom. The predicted octanol–water partition coefficient (Wildman–Crippen LogP) is 1.57. The minimum atomic E-state index is -0.662. The SMILES string of the molecule is CCOC(=O)C(CC(C)=CCc1c(O)c2c(c(C)c1OC)COC2=O)N1CCOCC1.NC(=O)c1ncn(C2CCC(CO)O2)n1. The number of hydrogen-bond donors (Lipinski definition) is 3. The van der Waals surface area contributed by atoms with Gasteiger partial charge in [-0.25, -0.2) is 14.5 Å². The number of nitrogens with two attached hydrogens (primary N) is 1. The van der Waals surface area contributed by atoms with Crippen LogP contribution in [0.4, 0.5) is 0 Å². The number of methoxy groups -OCH3 is 1. The molecule has 0 saturated carbocycles. The van der Waals surface area contributed by atoms with Crippen molar-refractivity contribution in [3.63, 3.8) is 0 Å². The highest BCUT2D eigenvalue weighted by Crippen LogP contribution is 2.42. The van der Waals surface area contributed by atoms with Gasteiger partial charge in [0.2, 0.25) is 5.82 Å². The lowest BCUT2D eigenvalue weighted by molar-refractivity contribution is -0.151. The third-order valence-electron chi connectivity index (χ3n) is 8.18. The molecule has 252 valence electrons. The zero-order valence-electron chi connectivity index (χ0n) is 26.7. The molecule has 1 aromatic heterocycles. The van der Waals surface area contributed by atoms with Gasteiger partial charge >= 0.3 is 11.9 Å². The summed E-state index contributed by atoms with van der Waals surface area (Å²) < 4.78 is 28.2.